The van der Waals surface area contributed by atoms with Crippen LogP contribution in [0, 0.1) is 22.9 Å². The molecule has 0 spiro atoms. The largest absolute Gasteiger partial charge is 0.444 e. The van der Waals surface area contributed by atoms with Crippen LogP contribution in [-0.4, -0.2) is 86.1 Å². The molecule has 204 valence electrons. The Morgan fingerprint density at radius 3 is 2.38 bits per heavy atom. The average molecular weight is 548 g/mol. The van der Waals surface area contributed by atoms with Crippen LogP contribution in [-0.2, 0) is 24.3 Å². The second-order valence-electron chi connectivity index (χ2n) is 9.42. The van der Waals surface area contributed by atoms with Crippen LogP contribution in [0.2, 0.25) is 0 Å². The smallest absolute Gasteiger partial charge is 0.410 e. The van der Waals surface area contributed by atoms with Gasteiger partial charge in [-0.3, -0.25) is 10.0 Å². The predicted molar refractivity (Wildman–Crippen MR) is 123 cm³/mol. The summed E-state index contributed by atoms with van der Waals surface area (Å²) in [5, 5.41) is 9.32. The van der Waals surface area contributed by atoms with Crippen LogP contribution < -0.4 is 5.48 Å². The molecule has 0 aliphatic carbocycles. The standard InChI is InChI=1S/C23H28F3N3O7S/c24-16-11-18(25)20(19(26)12-16)15-1-6-29(7-2-15)37(33,34)14-23(21(30)27-32)4-8-28(9-5-23)22(31)36-17-3-10-35-13-17/h1,11-12,17,32H,2-10,13-14H2,(H,27,30)/t17-/m0/s1. The van der Waals surface area contributed by atoms with Crippen LogP contribution >= 0.6 is 0 Å². The van der Waals surface area contributed by atoms with Crippen molar-refractivity contribution in [1.29, 1.82) is 0 Å². The van der Waals surface area contributed by atoms with Gasteiger partial charge in [-0.25, -0.2) is 31.9 Å². The molecule has 2 saturated heterocycles. The minimum atomic E-state index is -4.07. The SMILES string of the molecule is O=C(O[C@H]1CCOC1)N1CCC(CS(=O)(=O)N2CC=C(c3c(F)cc(F)cc3F)CC2)(C(=O)NO)CC1. The summed E-state index contributed by atoms with van der Waals surface area (Å²) in [5.41, 5.74) is -0.142. The molecule has 2 N–H and O–H groups in total. The van der Waals surface area contributed by atoms with E-state index in [0.29, 0.717) is 31.8 Å². The lowest BCUT2D eigenvalue weighted by Crippen LogP contribution is -2.54. The first-order valence-corrected chi connectivity index (χ1v) is 13.5. The normalized spacial score (nSPS) is 22.4. The number of halogens is 3. The third-order valence-corrected chi connectivity index (χ3v) is 9.11. The Morgan fingerprint density at radius 2 is 1.84 bits per heavy atom. The van der Waals surface area contributed by atoms with Gasteiger partial charge < -0.3 is 14.4 Å². The number of carbonyl (C=O) groups excluding carboxylic acids is 2. The molecule has 3 aliphatic rings. The van der Waals surface area contributed by atoms with Crippen LogP contribution in [0.3, 0.4) is 0 Å². The fraction of sp³-hybridized carbons (Fsp3) is 0.565. The third kappa shape index (κ3) is 5.92. The summed E-state index contributed by atoms with van der Waals surface area (Å²) in [7, 11) is -4.07. The van der Waals surface area contributed by atoms with E-state index in [4.69, 9.17) is 9.47 Å². The van der Waals surface area contributed by atoms with E-state index in [2.05, 4.69) is 0 Å². The fourth-order valence-electron chi connectivity index (χ4n) is 4.92. The van der Waals surface area contributed by atoms with Gasteiger partial charge in [0, 0.05) is 50.3 Å². The van der Waals surface area contributed by atoms with Crippen LogP contribution in [0.5, 0.6) is 0 Å². The van der Waals surface area contributed by atoms with Gasteiger partial charge in [0.15, 0.2) is 0 Å². The van der Waals surface area contributed by atoms with Crippen molar-refractivity contribution in [3.63, 3.8) is 0 Å². The molecule has 0 saturated carbocycles. The molecule has 2 amide bonds. The predicted octanol–water partition coefficient (Wildman–Crippen LogP) is 2.04. The molecule has 37 heavy (non-hydrogen) atoms. The molecular formula is C23H28F3N3O7S. The zero-order valence-corrected chi connectivity index (χ0v) is 20.7. The maximum Gasteiger partial charge on any atom is 0.410 e. The van der Waals surface area contributed by atoms with Gasteiger partial charge in [0.1, 0.15) is 23.6 Å². The Morgan fingerprint density at radius 1 is 1.16 bits per heavy atom. The number of carbonyl (C=O) groups is 2. The van der Waals surface area contributed by atoms with Gasteiger partial charge in [0.2, 0.25) is 10.0 Å². The molecular weight excluding hydrogens is 519 g/mol. The van der Waals surface area contributed by atoms with Gasteiger partial charge >= 0.3 is 6.09 Å². The molecule has 0 unspecified atom stereocenters. The Kier molecular flexibility index (Phi) is 8.11. The van der Waals surface area contributed by atoms with Gasteiger partial charge in [-0.05, 0) is 24.8 Å². The lowest BCUT2D eigenvalue weighted by atomic mass is 9.79. The van der Waals surface area contributed by atoms with Gasteiger partial charge in [0.25, 0.3) is 5.91 Å². The summed E-state index contributed by atoms with van der Waals surface area (Å²) in [4.78, 5) is 26.4. The Balaban J connectivity index is 1.43. The summed E-state index contributed by atoms with van der Waals surface area (Å²) in [6, 6.07) is 1.12. The number of ether oxygens (including phenoxy) is 2. The molecule has 1 aromatic rings. The first-order chi connectivity index (χ1) is 17.5. The fourth-order valence-corrected chi connectivity index (χ4v) is 6.89. The Labute approximate surface area is 212 Å². The van der Waals surface area contributed by atoms with Gasteiger partial charge in [0.05, 0.1) is 24.4 Å². The van der Waals surface area contributed by atoms with E-state index in [1.807, 2.05) is 0 Å². The molecule has 0 radical (unpaired) electrons. The highest BCUT2D eigenvalue weighted by Gasteiger charge is 2.47. The van der Waals surface area contributed by atoms with Gasteiger partial charge in [-0.15, -0.1) is 0 Å². The molecule has 1 atom stereocenters. The monoisotopic (exact) mass is 547 g/mol. The van der Waals surface area contributed by atoms with Crippen LogP contribution in [0.25, 0.3) is 5.57 Å². The van der Waals surface area contributed by atoms with Crippen LogP contribution in [0.4, 0.5) is 18.0 Å². The van der Waals surface area contributed by atoms with Crippen molar-refractivity contribution in [2.45, 2.75) is 31.8 Å². The number of hydroxylamine groups is 1. The van der Waals surface area contributed by atoms with E-state index in [9.17, 15) is 36.4 Å². The molecule has 14 heteroatoms. The van der Waals surface area contributed by atoms with E-state index >= 15 is 0 Å². The number of amides is 2. The van der Waals surface area contributed by atoms with Crippen molar-refractivity contribution in [3.8, 4) is 0 Å². The Hall–Kier alpha value is -2.68. The molecule has 10 nitrogen and oxygen atoms in total. The number of nitrogens with zero attached hydrogens (tertiary/aromatic N) is 2. The summed E-state index contributed by atoms with van der Waals surface area (Å²) in [6.07, 6.45) is 0.916. The maximum absolute atomic E-state index is 14.2. The van der Waals surface area contributed by atoms with E-state index in [1.54, 1.807) is 5.48 Å². The summed E-state index contributed by atoms with van der Waals surface area (Å²) in [5.74, 6) is -4.72. The first kappa shape index (κ1) is 27.4. The second kappa shape index (κ2) is 11.0. The lowest BCUT2D eigenvalue weighted by Gasteiger charge is -2.40. The van der Waals surface area contributed by atoms with Crippen molar-refractivity contribution in [2.24, 2.45) is 5.41 Å². The molecule has 0 aromatic heterocycles. The zero-order chi connectivity index (χ0) is 26.8. The number of rotatable bonds is 6. The quantitative estimate of drug-likeness (QED) is 0.413. The first-order valence-electron chi connectivity index (χ1n) is 11.8. The topological polar surface area (TPSA) is 125 Å². The highest BCUT2D eigenvalue weighted by atomic mass is 32.2. The molecule has 3 heterocycles. The number of sulfonamides is 1. The van der Waals surface area contributed by atoms with E-state index in [0.717, 1.165) is 4.31 Å². The van der Waals surface area contributed by atoms with E-state index < -0.39 is 56.2 Å². The van der Waals surface area contributed by atoms with E-state index in [-0.39, 0.29) is 57.1 Å². The van der Waals surface area contributed by atoms with Crippen molar-refractivity contribution in [3.05, 3.63) is 41.2 Å². The molecule has 4 rings (SSSR count). The van der Waals surface area contributed by atoms with Crippen molar-refractivity contribution in [2.75, 3.05) is 45.1 Å². The van der Waals surface area contributed by atoms with E-state index in [1.165, 1.54) is 11.0 Å². The second-order valence-corrected chi connectivity index (χ2v) is 11.4. The van der Waals surface area contributed by atoms with Crippen LogP contribution in [0.1, 0.15) is 31.2 Å². The number of hydrogen-bond donors (Lipinski definition) is 2. The molecule has 0 bridgehead atoms. The van der Waals surface area contributed by atoms with Crippen molar-refractivity contribution in [1.82, 2.24) is 14.7 Å². The number of likely N-dealkylation sites (tertiary alicyclic amines) is 1. The number of piperidine rings is 1. The molecule has 2 fully saturated rings. The zero-order valence-electron chi connectivity index (χ0n) is 19.9. The maximum atomic E-state index is 14.2. The minimum absolute atomic E-state index is 0.0254. The lowest BCUT2D eigenvalue weighted by molar-refractivity contribution is -0.141. The summed E-state index contributed by atoms with van der Waals surface area (Å²) < 4.78 is 79.7. The average Bonchev–Trinajstić information content (AvgIpc) is 3.36. The molecule has 3 aliphatic heterocycles. The Bertz CT molecular complexity index is 1160. The summed E-state index contributed by atoms with van der Waals surface area (Å²) >= 11 is 0. The number of hydrogen-bond acceptors (Lipinski definition) is 7. The van der Waals surface area contributed by atoms with Gasteiger partial charge in [-0.1, -0.05) is 6.08 Å². The van der Waals surface area contributed by atoms with Crippen molar-refractivity contribution >= 4 is 27.6 Å². The van der Waals surface area contributed by atoms with Gasteiger partial charge in [-0.2, -0.15) is 4.31 Å². The van der Waals surface area contributed by atoms with Crippen molar-refractivity contribution < 1.29 is 45.9 Å². The molecule has 1 aromatic carbocycles. The summed E-state index contributed by atoms with van der Waals surface area (Å²) in [6.45, 7) is 0.582. The number of benzene rings is 1. The third-order valence-electron chi connectivity index (χ3n) is 7.07. The highest BCUT2D eigenvalue weighted by molar-refractivity contribution is 7.89. The highest BCUT2D eigenvalue weighted by Crippen LogP contribution is 2.36. The minimum Gasteiger partial charge on any atom is -0.444 e. The van der Waals surface area contributed by atoms with Crippen LogP contribution in [0.15, 0.2) is 18.2 Å². The number of nitrogens with one attached hydrogen (secondary N) is 1.